The van der Waals surface area contributed by atoms with Crippen molar-refractivity contribution in [2.75, 3.05) is 5.32 Å². The number of hydrogen-bond donors (Lipinski definition) is 1. The fourth-order valence-electron chi connectivity index (χ4n) is 2.18. The number of carbonyl (C=O) groups is 1. The summed E-state index contributed by atoms with van der Waals surface area (Å²) in [5, 5.41) is 7.72. The molecule has 0 bridgehead atoms. The van der Waals surface area contributed by atoms with Gasteiger partial charge in [0.2, 0.25) is 0 Å². The van der Waals surface area contributed by atoms with Gasteiger partial charge in [0.25, 0.3) is 5.91 Å². The van der Waals surface area contributed by atoms with Crippen molar-refractivity contribution in [1.29, 1.82) is 0 Å². The van der Waals surface area contributed by atoms with Crippen LogP contribution >= 0.6 is 11.6 Å². The molecule has 96 valence electrons. The Balaban J connectivity index is 1.92. The number of nitrogens with one attached hydrogen (secondary N) is 1. The fraction of sp³-hybridized carbons (Fsp3) is 0.143. The molecule has 0 atom stereocenters. The van der Waals surface area contributed by atoms with Crippen molar-refractivity contribution < 1.29 is 4.79 Å². The molecule has 0 fully saturated rings. The third kappa shape index (κ3) is 2.15. The lowest BCUT2D eigenvalue weighted by atomic mass is 10.1. The maximum atomic E-state index is 11.9. The van der Waals surface area contributed by atoms with Gasteiger partial charge in [0.1, 0.15) is 0 Å². The number of aryl methyl sites for hydroxylation is 1. The summed E-state index contributed by atoms with van der Waals surface area (Å²) in [7, 11) is 1.82. The number of hydrogen-bond acceptors (Lipinski definition) is 2. The van der Waals surface area contributed by atoms with E-state index in [2.05, 4.69) is 10.4 Å². The summed E-state index contributed by atoms with van der Waals surface area (Å²) in [4.78, 5) is 11.9. The van der Waals surface area contributed by atoms with E-state index in [0.29, 0.717) is 17.0 Å². The minimum atomic E-state index is -0.0757. The zero-order chi connectivity index (χ0) is 13.4. The van der Waals surface area contributed by atoms with E-state index in [1.807, 2.05) is 37.4 Å². The average molecular weight is 274 g/mol. The molecule has 5 heteroatoms. The first-order valence-corrected chi connectivity index (χ1v) is 6.32. The van der Waals surface area contributed by atoms with Crippen molar-refractivity contribution >= 4 is 28.8 Å². The SMILES string of the molecule is Cn1cc(Cl)c(CC=C2C(=O)Nc3ccccc32)n1. The highest BCUT2D eigenvalue weighted by Gasteiger charge is 2.23. The number of aromatic nitrogens is 2. The van der Waals surface area contributed by atoms with Crippen molar-refractivity contribution in [2.24, 2.45) is 7.05 Å². The van der Waals surface area contributed by atoms with Gasteiger partial charge in [-0.05, 0) is 6.07 Å². The first-order chi connectivity index (χ1) is 9.15. The number of nitrogens with zero attached hydrogens (tertiary/aromatic N) is 2. The Morgan fingerprint density at radius 1 is 1.42 bits per heavy atom. The zero-order valence-corrected chi connectivity index (χ0v) is 11.1. The van der Waals surface area contributed by atoms with Gasteiger partial charge in [0, 0.05) is 36.5 Å². The van der Waals surface area contributed by atoms with Crippen LogP contribution in [0.3, 0.4) is 0 Å². The monoisotopic (exact) mass is 273 g/mol. The molecule has 1 aromatic heterocycles. The van der Waals surface area contributed by atoms with Crippen molar-refractivity contribution in [1.82, 2.24) is 9.78 Å². The molecule has 4 nitrogen and oxygen atoms in total. The summed E-state index contributed by atoms with van der Waals surface area (Å²) in [6.07, 6.45) is 4.16. The van der Waals surface area contributed by atoms with Crippen LogP contribution in [0.2, 0.25) is 5.02 Å². The second-order valence-electron chi connectivity index (χ2n) is 4.42. The Labute approximate surface area is 115 Å². The minimum absolute atomic E-state index is 0.0757. The molecule has 1 amide bonds. The molecule has 0 saturated heterocycles. The van der Waals surface area contributed by atoms with Crippen LogP contribution in [-0.4, -0.2) is 15.7 Å². The summed E-state index contributed by atoms with van der Waals surface area (Å²) >= 11 is 6.05. The second-order valence-corrected chi connectivity index (χ2v) is 4.83. The molecule has 0 radical (unpaired) electrons. The molecule has 0 unspecified atom stereocenters. The van der Waals surface area contributed by atoms with Gasteiger partial charge in [0.05, 0.1) is 10.7 Å². The van der Waals surface area contributed by atoms with Gasteiger partial charge in [0.15, 0.2) is 0 Å². The van der Waals surface area contributed by atoms with Crippen LogP contribution in [-0.2, 0) is 18.3 Å². The van der Waals surface area contributed by atoms with E-state index in [1.165, 1.54) is 0 Å². The van der Waals surface area contributed by atoms with Gasteiger partial charge in [-0.15, -0.1) is 0 Å². The topological polar surface area (TPSA) is 46.9 Å². The van der Waals surface area contributed by atoms with E-state index < -0.39 is 0 Å². The van der Waals surface area contributed by atoms with Gasteiger partial charge >= 0.3 is 0 Å². The molecule has 3 rings (SSSR count). The molecule has 0 aliphatic carbocycles. The Morgan fingerprint density at radius 3 is 2.95 bits per heavy atom. The number of amides is 1. The van der Waals surface area contributed by atoms with Gasteiger partial charge in [-0.2, -0.15) is 5.10 Å². The second kappa shape index (κ2) is 4.55. The summed E-state index contributed by atoms with van der Waals surface area (Å²) < 4.78 is 1.67. The quantitative estimate of drug-likeness (QED) is 0.855. The molecule has 1 aliphatic heterocycles. The Bertz CT molecular complexity index is 688. The number of anilines is 1. The number of benzene rings is 1. The Hall–Kier alpha value is -2.07. The fourth-order valence-corrected chi connectivity index (χ4v) is 2.44. The normalized spacial score (nSPS) is 15.7. The minimum Gasteiger partial charge on any atom is -0.321 e. The van der Waals surface area contributed by atoms with Crippen LogP contribution in [0.4, 0.5) is 5.69 Å². The van der Waals surface area contributed by atoms with E-state index >= 15 is 0 Å². The highest BCUT2D eigenvalue weighted by atomic mass is 35.5. The zero-order valence-electron chi connectivity index (χ0n) is 10.4. The molecule has 1 N–H and O–H groups in total. The Morgan fingerprint density at radius 2 is 2.21 bits per heavy atom. The molecule has 1 aromatic carbocycles. The molecule has 1 aliphatic rings. The van der Waals surface area contributed by atoms with Crippen molar-refractivity contribution in [3.8, 4) is 0 Å². The number of allylic oxidation sites excluding steroid dienone is 1. The third-order valence-corrected chi connectivity index (χ3v) is 3.38. The number of carbonyl (C=O) groups excluding carboxylic acids is 1. The van der Waals surface area contributed by atoms with Crippen molar-refractivity contribution in [3.63, 3.8) is 0 Å². The van der Waals surface area contributed by atoms with E-state index in [9.17, 15) is 4.79 Å². The maximum Gasteiger partial charge on any atom is 0.256 e. The molecule has 0 spiro atoms. The Kier molecular flexibility index (Phi) is 2.87. The molecular weight excluding hydrogens is 262 g/mol. The lowest BCUT2D eigenvalue weighted by Gasteiger charge is -1.97. The van der Waals surface area contributed by atoms with E-state index in [4.69, 9.17) is 11.6 Å². The van der Waals surface area contributed by atoms with Crippen LogP contribution in [0.1, 0.15) is 11.3 Å². The van der Waals surface area contributed by atoms with E-state index in [-0.39, 0.29) is 5.91 Å². The summed E-state index contributed by atoms with van der Waals surface area (Å²) in [5.74, 6) is -0.0757. The summed E-state index contributed by atoms with van der Waals surface area (Å²) in [6.45, 7) is 0. The summed E-state index contributed by atoms with van der Waals surface area (Å²) in [5.41, 5.74) is 3.23. The largest absolute Gasteiger partial charge is 0.321 e. The highest BCUT2D eigenvalue weighted by molar-refractivity contribution is 6.32. The molecule has 19 heavy (non-hydrogen) atoms. The van der Waals surface area contributed by atoms with Crippen molar-refractivity contribution in [3.05, 3.63) is 52.8 Å². The molecular formula is C14H12ClN3O. The van der Waals surface area contributed by atoms with Crippen LogP contribution < -0.4 is 5.32 Å². The first kappa shape index (κ1) is 12.0. The molecule has 0 saturated carbocycles. The summed E-state index contributed by atoms with van der Waals surface area (Å²) in [6, 6.07) is 7.64. The van der Waals surface area contributed by atoms with Crippen LogP contribution in [0.5, 0.6) is 0 Å². The predicted molar refractivity (Wildman–Crippen MR) is 75.0 cm³/mol. The first-order valence-electron chi connectivity index (χ1n) is 5.94. The standard InChI is InChI=1S/C14H12ClN3O/c1-18-8-11(15)13(17-18)7-6-10-9-4-2-3-5-12(9)16-14(10)19/h2-6,8H,7H2,1H3,(H,16,19). The number of fused-ring (bicyclic) bond motifs is 1. The highest BCUT2D eigenvalue weighted by Crippen LogP contribution is 2.31. The van der Waals surface area contributed by atoms with Gasteiger partial charge in [-0.25, -0.2) is 0 Å². The van der Waals surface area contributed by atoms with Crippen LogP contribution in [0.15, 0.2) is 36.5 Å². The van der Waals surface area contributed by atoms with Gasteiger partial charge in [-0.3, -0.25) is 9.48 Å². The van der Waals surface area contributed by atoms with E-state index in [1.54, 1.807) is 10.9 Å². The molecule has 2 aromatic rings. The maximum absolute atomic E-state index is 11.9. The third-order valence-electron chi connectivity index (χ3n) is 3.06. The smallest absolute Gasteiger partial charge is 0.256 e. The van der Waals surface area contributed by atoms with Crippen molar-refractivity contribution in [2.45, 2.75) is 6.42 Å². The molecule has 2 heterocycles. The van der Waals surface area contributed by atoms with E-state index in [0.717, 1.165) is 16.9 Å². The average Bonchev–Trinajstić information content (AvgIpc) is 2.86. The van der Waals surface area contributed by atoms with Crippen LogP contribution in [0.25, 0.3) is 5.57 Å². The predicted octanol–water partition coefficient (Wildman–Crippen LogP) is 2.65. The number of para-hydroxylation sites is 1. The lowest BCUT2D eigenvalue weighted by Crippen LogP contribution is -2.04. The van der Waals surface area contributed by atoms with Crippen LogP contribution in [0, 0.1) is 0 Å². The number of halogens is 1. The lowest BCUT2D eigenvalue weighted by molar-refractivity contribution is -0.110. The number of rotatable bonds is 2. The van der Waals surface area contributed by atoms with Gasteiger partial charge in [-0.1, -0.05) is 35.9 Å². The van der Waals surface area contributed by atoms with Gasteiger partial charge < -0.3 is 5.32 Å².